The van der Waals surface area contributed by atoms with Gasteiger partial charge < -0.3 is 9.47 Å². The van der Waals surface area contributed by atoms with E-state index in [4.69, 9.17) is 20.0 Å². The highest BCUT2D eigenvalue weighted by Gasteiger charge is 2.21. The van der Waals surface area contributed by atoms with Crippen LogP contribution in [0.2, 0.25) is 0 Å². The van der Waals surface area contributed by atoms with Gasteiger partial charge in [-0.25, -0.2) is 8.42 Å². The zero-order valence-electron chi connectivity index (χ0n) is 19.5. The van der Waals surface area contributed by atoms with Gasteiger partial charge in [0, 0.05) is 12.1 Å². The van der Waals surface area contributed by atoms with Gasteiger partial charge in [0.1, 0.15) is 11.5 Å². The fourth-order valence-corrected chi connectivity index (χ4v) is 4.66. The first-order valence-electron chi connectivity index (χ1n) is 10.8. The van der Waals surface area contributed by atoms with Crippen LogP contribution in [0.4, 0.5) is 11.4 Å². The fraction of sp³-hybridized carbons (Fsp3) is 0. The van der Waals surface area contributed by atoms with Gasteiger partial charge in [-0.3, -0.25) is 20.2 Å². The van der Waals surface area contributed by atoms with Crippen molar-refractivity contribution in [1.82, 2.24) is 0 Å². The number of nitriles is 2. The van der Waals surface area contributed by atoms with Crippen molar-refractivity contribution in [3.05, 3.63) is 116 Å². The van der Waals surface area contributed by atoms with Gasteiger partial charge in [-0.1, -0.05) is 0 Å². The fourth-order valence-electron chi connectivity index (χ4n) is 3.40. The maximum Gasteiger partial charge on any atom is 0.312 e. The summed E-state index contributed by atoms with van der Waals surface area (Å²) >= 11 is 0. The molecule has 39 heavy (non-hydrogen) atoms. The Morgan fingerprint density at radius 1 is 0.615 bits per heavy atom. The molecule has 0 amide bonds. The van der Waals surface area contributed by atoms with Crippen LogP contribution >= 0.6 is 0 Å². The molecular weight excluding hydrogens is 528 g/mol. The number of nitrogens with zero attached hydrogens (tertiary/aromatic N) is 4. The molecule has 192 valence electrons. The van der Waals surface area contributed by atoms with Crippen molar-refractivity contribution in [2.75, 3.05) is 0 Å². The topological polar surface area (TPSA) is 186 Å². The largest absolute Gasteiger partial charge is 0.450 e. The van der Waals surface area contributed by atoms with Crippen LogP contribution in [-0.2, 0) is 9.84 Å². The molecule has 0 atom stereocenters. The molecule has 0 radical (unpaired) electrons. The second-order valence-corrected chi connectivity index (χ2v) is 9.70. The smallest absolute Gasteiger partial charge is 0.312 e. The van der Waals surface area contributed by atoms with Crippen LogP contribution < -0.4 is 9.47 Å². The molecule has 4 aromatic carbocycles. The summed E-state index contributed by atoms with van der Waals surface area (Å²) in [6.07, 6.45) is 0. The molecule has 12 nitrogen and oxygen atoms in total. The van der Waals surface area contributed by atoms with Gasteiger partial charge in [0.15, 0.2) is 0 Å². The van der Waals surface area contributed by atoms with E-state index in [1.807, 2.05) is 12.1 Å². The second-order valence-electron chi connectivity index (χ2n) is 7.75. The number of hydrogen-bond donors (Lipinski definition) is 0. The van der Waals surface area contributed by atoms with Crippen LogP contribution in [0, 0.1) is 42.9 Å². The van der Waals surface area contributed by atoms with E-state index in [2.05, 4.69) is 0 Å². The molecule has 0 N–H and O–H groups in total. The average Bonchev–Trinajstić information content (AvgIpc) is 2.94. The molecule has 0 spiro atoms. The predicted molar refractivity (Wildman–Crippen MR) is 134 cm³/mol. The summed E-state index contributed by atoms with van der Waals surface area (Å²) in [6.45, 7) is 0. The third kappa shape index (κ3) is 5.64. The zero-order valence-corrected chi connectivity index (χ0v) is 20.4. The molecule has 0 fully saturated rings. The Labute approximate surface area is 220 Å². The van der Waals surface area contributed by atoms with Crippen LogP contribution in [0.1, 0.15) is 11.1 Å². The van der Waals surface area contributed by atoms with Crippen molar-refractivity contribution >= 4 is 21.2 Å². The molecule has 4 rings (SSSR count). The summed E-state index contributed by atoms with van der Waals surface area (Å²) in [5.41, 5.74) is -0.664. The Kier molecular flexibility index (Phi) is 7.19. The van der Waals surface area contributed by atoms with E-state index in [-0.39, 0.29) is 43.9 Å². The Morgan fingerprint density at radius 3 is 1.28 bits per heavy atom. The molecule has 4 aromatic rings. The number of ether oxygens (including phenoxy) is 2. The number of nitro benzene ring substituents is 2. The van der Waals surface area contributed by atoms with Crippen LogP contribution in [0.15, 0.2) is 94.7 Å². The number of nitro groups is 2. The molecule has 0 aliphatic heterocycles. The van der Waals surface area contributed by atoms with E-state index < -0.39 is 31.1 Å². The molecule has 0 saturated carbocycles. The highest BCUT2D eigenvalue weighted by Crippen LogP contribution is 2.35. The molecule has 0 unspecified atom stereocenters. The molecule has 0 aromatic heterocycles. The summed E-state index contributed by atoms with van der Waals surface area (Å²) < 4.78 is 37.2. The lowest BCUT2D eigenvalue weighted by Gasteiger charge is -2.10. The lowest BCUT2D eigenvalue weighted by atomic mass is 10.2. The van der Waals surface area contributed by atoms with Crippen molar-refractivity contribution in [1.29, 1.82) is 10.5 Å². The van der Waals surface area contributed by atoms with Crippen LogP contribution in [0.3, 0.4) is 0 Å². The standard InChI is InChI=1S/C26H14N4O8S/c27-15-17-1-11-25(23(13-17)29(31)32)37-19-3-7-21(8-4-19)39(35,36)22-9-5-20(6-10-22)38-26-12-2-18(16-28)14-24(26)30(33)34/h1-14H. The zero-order chi connectivity index (χ0) is 28.2. The third-order valence-electron chi connectivity index (χ3n) is 5.29. The number of sulfone groups is 1. The van der Waals surface area contributed by atoms with E-state index in [9.17, 15) is 28.6 Å². The molecule has 0 saturated heterocycles. The van der Waals surface area contributed by atoms with Crippen molar-refractivity contribution in [2.45, 2.75) is 9.79 Å². The first-order chi connectivity index (χ1) is 18.6. The van der Waals surface area contributed by atoms with E-state index >= 15 is 0 Å². The normalized spacial score (nSPS) is 10.6. The summed E-state index contributed by atoms with van der Waals surface area (Å²) in [5.74, 6) is 0.0319. The van der Waals surface area contributed by atoms with Gasteiger partial charge in [0.2, 0.25) is 21.3 Å². The van der Waals surface area contributed by atoms with E-state index in [1.165, 1.54) is 72.8 Å². The summed E-state index contributed by atoms with van der Waals surface area (Å²) in [5, 5.41) is 40.5. The van der Waals surface area contributed by atoms with Crippen LogP contribution in [-0.4, -0.2) is 18.3 Å². The first kappa shape index (κ1) is 26.3. The van der Waals surface area contributed by atoms with Gasteiger partial charge in [-0.05, 0) is 72.8 Å². The molecule has 13 heteroatoms. The number of rotatable bonds is 8. The maximum absolute atomic E-state index is 13.1. The Morgan fingerprint density at radius 2 is 0.974 bits per heavy atom. The highest BCUT2D eigenvalue weighted by atomic mass is 32.2. The van der Waals surface area contributed by atoms with E-state index in [0.717, 1.165) is 12.1 Å². The van der Waals surface area contributed by atoms with Crippen molar-refractivity contribution in [2.24, 2.45) is 0 Å². The van der Waals surface area contributed by atoms with Crippen LogP contribution in [0.5, 0.6) is 23.0 Å². The Balaban J connectivity index is 1.53. The first-order valence-corrected chi connectivity index (χ1v) is 12.3. The minimum Gasteiger partial charge on any atom is -0.450 e. The monoisotopic (exact) mass is 542 g/mol. The minimum atomic E-state index is -3.98. The van der Waals surface area contributed by atoms with E-state index in [1.54, 1.807) is 0 Å². The molecule has 0 aliphatic rings. The predicted octanol–water partition coefficient (Wildman–Crippen LogP) is 5.66. The second kappa shape index (κ2) is 10.7. The Bertz CT molecular complexity index is 1660. The third-order valence-corrected chi connectivity index (χ3v) is 7.08. The van der Waals surface area contributed by atoms with Gasteiger partial charge in [-0.15, -0.1) is 0 Å². The average molecular weight is 542 g/mol. The molecule has 0 heterocycles. The van der Waals surface area contributed by atoms with Crippen molar-refractivity contribution < 1.29 is 27.7 Å². The maximum atomic E-state index is 13.1. The summed E-state index contributed by atoms with van der Waals surface area (Å²) in [6, 6.07) is 21.4. The van der Waals surface area contributed by atoms with Gasteiger partial charge in [-0.2, -0.15) is 10.5 Å². The van der Waals surface area contributed by atoms with Crippen LogP contribution in [0.25, 0.3) is 0 Å². The van der Waals surface area contributed by atoms with Crippen molar-refractivity contribution in [3.63, 3.8) is 0 Å². The van der Waals surface area contributed by atoms with E-state index in [0.29, 0.717) is 0 Å². The summed E-state index contributed by atoms with van der Waals surface area (Å²) in [4.78, 5) is 21.1. The minimum absolute atomic E-state index is 0.0828. The molecule has 0 aliphatic carbocycles. The SMILES string of the molecule is N#Cc1ccc(Oc2ccc(S(=O)(=O)c3ccc(Oc4ccc(C#N)cc4[N+](=O)[O-])cc3)cc2)c([N+](=O)[O-])c1. The number of benzene rings is 4. The van der Waals surface area contributed by atoms with Gasteiger partial charge >= 0.3 is 11.4 Å². The van der Waals surface area contributed by atoms with Gasteiger partial charge in [0.25, 0.3) is 0 Å². The number of hydrogen-bond acceptors (Lipinski definition) is 10. The summed E-state index contributed by atoms with van der Waals surface area (Å²) in [7, 11) is -3.98. The Hall–Kier alpha value is -5.79. The van der Waals surface area contributed by atoms with Gasteiger partial charge in [0.05, 0.1) is 42.9 Å². The molecular formula is C26H14N4O8S. The lowest BCUT2D eigenvalue weighted by Crippen LogP contribution is -2.02. The molecule has 0 bridgehead atoms. The van der Waals surface area contributed by atoms with Crippen molar-refractivity contribution in [3.8, 4) is 35.1 Å². The lowest BCUT2D eigenvalue weighted by molar-refractivity contribution is -0.385. The quantitative estimate of drug-likeness (QED) is 0.198. The highest BCUT2D eigenvalue weighted by molar-refractivity contribution is 7.91.